The van der Waals surface area contributed by atoms with Crippen molar-refractivity contribution in [3.8, 4) is 17.1 Å². The first-order chi connectivity index (χ1) is 17.0. The van der Waals surface area contributed by atoms with Gasteiger partial charge in [-0.05, 0) is 57.0 Å². The Hall–Kier alpha value is -3.72. The summed E-state index contributed by atoms with van der Waals surface area (Å²) in [4.78, 5) is 19.3. The van der Waals surface area contributed by atoms with E-state index in [-0.39, 0.29) is 23.6 Å². The van der Waals surface area contributed by atoms with E-state index in [1.807, 2.05) is 45.0 Å². The molecule has 2 amide bonds. The number of carbonyl (C=O) groups is 1. The van der Waals surface area contributed by atoms with Crippen molar-refractivity contribution in [1.29, 1.82) is 0 Å². The van der Waals surface area contributed by atoms with E-state index in [4.69, 9.17) is 14.0 Å². The van der Waals surface area contributed by atoms with E-state index >= 15 is 0 Å². The lowest BCUT2D eigenvalue weighted by Crippen LogP contribution is -2.46. The van der Waals surface area contributed by atoms with Crippen molar-refractivity contribution in [3.63, 3.8) is 0 Å². The summed E-state index contributed by atoms with van der Waals surface area (Å²) in [5.41, 5.74) is 2.74. The molecule has 9 heteroatoms. The molecule has 1 unspecified atom stereocenters. The maximum absolute atomic E-state index is 13.7. The number of amides is 2. The minimum Gasteiger partial charge on any atom is -0.494 e. The van der Waals surface area contributed by atoms with Crippen molar-refractivity contribution < 1.29 is 23.2 Å². The van der Waals surface area contributed by atoms with Gasteiger partial charge in [-0.2, -0.15) is 4.98 Å². The monoisotopic (exact) mass is 480 g/mol. The maximum Gasteiger partial charge on any atom is 0.322 e. The second-order valence-corrected chi connectivity index (χ2v) is 8.02. The van der Waals surface area contributed by atoms with Crippen LogP contribution in [0.2, 0.25) is 0 Å². The van der Waals surface area contributed by atoms with Crippen LogP contribution in [-0.4, -0.2) is 47.4 Å². The number of carbonyl (C=O) groups excluding carboxylic acids is 1. The Morgan fingerprint density at radius 3 is 2.66 bits per heavy atom. The Labute approximate surface area is 203 Å². The van der Waals surface area contributed by atoms with Gasteiger partial charge in [0.05, 0.1) is 18.2 Å². The van der Waals surface area contributed by atoms with Gasteiger partial charge in [-0.15, -0.1) is 0 Å². The van der Waals surface area contributed by atoms with Crippen LogP contribution in [0.3, 0.4) is 0 Å². The molecule has 3 aromatic rings. The van der Waals surface area contributed by atoms with Gasteiger partial charge >= 0.3 is 6.03 Å². The van der Waals surface area contributed by atoms with Crippen LogP contribution in [0.5, 0.6) is 5.75 Å². The number of nitrogens with zero attached hydrogens (tertiary/aromatic N) is 3. The maximum atomic E-state index is 13.7. The fourth-order valence-corrected chi connectivity index (χ4v) is 4.05. The first-order valence-electron chi connectivity index (χ1n) is 11.7. The van der Waals surface area contributed by atoms with Gasteiger partial charge in [-0.1, -0.05) is 29.4 Å². The van der Waals surface area contributed by atoms with Crippen molar-refractivity contribution >= 4 is 11.6 Å². The number of benzene rings is 2. The Kier molecular flexibility index (Phi) is 7.77. The quantitative estimate of drug-likeness (QED) is 0.401. The summed E-state index contributed by atoms with van der Waals surface area (Å²) >= 11 is 0. The van der Waals surface area contributed by atoms with Gasteiger partial charge in [-0.25, -0.2) is 9.18 Å². The number of urea groups is 1. The molecular weight excluding hydrogens is 451 g/mol. The van der Waals surface area contributed by atoms with E-state index in [0.29, 0.717) is 49.6 Å². The molecule has 1 atom stereocenters. The fourth-order valence-electron chi connectivity index (χ4n) is 4.05. The molecule has 8 nitrogen and oxygen atoms in total. The predicted molar refractivity (Wildman–Crippen MR) is 129 cm³/mol. The zero-order valence-corrected chi connectivity index (χ0v) is 20.1. The smallest absolute Gasteiger partial charge is 0.322 e. The van der Waals surface area contributed by atoms with Crippen LogP contribution in [0.1, 0.15) is 44.7 Å². The summed E-state index contributed by atoms with van der Waals surface area (Å²) < 4.78 is 30.4. The van der Waals surface area contributed by atoms with Gasteiger partial charge in [-0.3, -0.25) is 4.90 Å². The summed E-state index contributed by atoms with van der Waals surface area (Å²) in [6.07, 6.45) is 0.679. The summed E-state index contributed by atoms with van der Waals surface area (Å²) in [5, 5.41) is 7.15. The molecule has 1 aromatic heterocycles. The van der Waals surface area contributed by atoms with Crippen molar-refractivity contribution in [2.24, 2.45) is 0 Å². The minimum absolute atomic E-state index is 0.216. The molecule has 2 heterocycles. The SMILES string of the molecule is CCOCCCN1C(=O)NC(c2ccc(OCC)cc2)C(c2nc(-c3cccc(F)c3)no2)=C1C. The van der Waals surface area contributed by atoms with E-state index in [9.17, 15) is 9.18 Å². The Morgan fingerprint density at radius 2 is 1.94 bits per heavy atom. The molecule has 0 bridgehead atoms. The highest BCUT2D eigenvalue weighted by atomic mass is 19.1. The molecule has 0 spiro atoms. The highest BCUT2D eigenvalue weighted by molar-refractivity contribution is 5.86. The highest BCUT2D eigenvalue weighted by Crippen LogP contribution is 2.37. The number of hydrogen-bond acceptors (Lipinski definition) is 6. The number of aromatic nitrogens is 2. The molecule has 35 heavy (non-hydrogen) atoms. The van der Waals surface area contributed by atoms with Gasteiger partial charge in [0.25, 0.3) is 5.89 Å². The number of rotatable bonds is 10. The van der Waals surface area contributed by atoms with Crippen LogP contribution in [0.15, 0.2) is 58.8 Å². The lowest BCUT2D eigenvalue weighted by atomic mass is 9.94. The first kappa shape index (κ1) is 24.4. The number of halogens is 1. The van der Waals surface area contributed by atoms with Crippen LogP contribution in [-0.2, 0) is 4.74 Å². The summed E-state index contributed by atoms with van der Waals surface area (Å²) in [7, 11) is 0. The molecule has 0 aliphatic carbocycles. The van der Waals surface area contributed by atoms with Gasteiger partial charge in [0.2, 0.25) is 5.82 Å². The average Bonchev–Trinajstić information content (AvgIpc) is 3.34. The Bertz CT molecular complexity index is 1190. The topological polar surface area (TPSA) is 89.7 Å². The number of nitrogens with one attached hydrogen (secondary N) is 1. The fraction of sp³-hybridized carbons (Fsp3) is 0.346. The summed E-state index contributed by atoms with van der Waals surface area (Å²) in [6.45, 7) is 7.93. The van der Waals surface area contributed by atoms with Crippen LogP contribution in [0.25, 0.3) is 17.0 Å². The van der Waals surface area contributed by atoms with Crippen LogP contribution in [0.4, 0.5) is 9.18 Å². The molecule has 4 rings (SSSR count). The molecule has 0 saturated carbocycles. The number of hydrogen-bond donors (Lipinski definition) is 1. The van der Waals surface area contributed by atoms with Crippen LogP contribution in [0, 0.1) is 5.82 Å². The normalized spacial score (nSPS) is 15.9. The highest BCUT2D eigenvalue weighted by Gasteiger charge is 2.35. The van der Waals surface area contributed by atoms with Crippen molar-refractivity contribution in [2.75, 3.05) is 26.4 Å². The minimum atomic E-state index is -0.512. The largest absolute Gasteiger partial charge is 0.494 e. The molecule has 1 N–H and O–H groups in total. The molecule has 0 radical (unpaired) electrons. The zero-order chi connectivity index (χ0) is 24.8. The van der Waals surface area contributed by atoms with Crippen LogP contribution >= 0.6 is 0 Å². The predicted octanol–water partition coefficient (Wildman–Crippen LogP) is 5.20. The van der Waals surface area contributed by atoms with E-state index in [1.54, 1.807) is 17.0 Å². The van der Waals surface area contributed by atoms with Crippen LogP contribution < -0.4 is 10.1 Å². The third-order valence-corrected chi connectivity index (χ3v) is 5.73. The van der Waals surface area contributed by atoms with Gasteiger partial charge in [0.1, 0.15) is 11.6 Å². The zero-order valence-electron chi connectivity index (χ0n) is 20.1. The Balaban J connectivity index is 1.72. The standard InChI is InChI=1S/C26H29FN4O4/c1-4-33-15-7-14-31-17(3)22(25-29-24(30-35-25)19-8-6-9-20(27)16-19)23(28-26(31)32)18-10-12-21(13-11-18)34-5-2/h6,8-13,16,23H,4-5,7,14-15H2,1-3H3,(H,28,32). The third kappa shape index (κ3) is 5.51. The lowest BCUT2D eigenvalue weighted by Gasteiger charge is -2.35. The van der Waals surface area contributed by atoms with Crippen molar-refractivity contribution in [1.82, 2.24) is 20.4 Å². The van der Waals surface area contributed by atoms with E-state index in [0.717, 1.165) is 11.3 Å². The van der Waals surface area contributed by atoms with E-state index < -0.39 is 6.04 Å². The average molecular weight is 481 g/mol. The molecule has 0 fully saturated rings. The molecular formula is C26H29FN4O4. The van der Waals surface area contributed by atoms with Gasteiger partial charge < -0.3 is 19.3 Å². The second-order valence-electron chi connectivity index (χ2n) is 8.02. The molecule has 0 saturated heterocycles. The third-order valence-electron chi connectivity index (χ3n) is 5.73. The number of allylic oxidation sites excluding steroid dienone is 1. The first-order valence-corrected chi connectivity index (χ1v) is 11.7. The molecule has 1 aliphatic heterocycles. The summed E-state index contributed by atoms with van der Waals surface area (Å²) in [5.74, 6) is 0.881. The Morgan fingerprint density at radius 1 is 1.14 bits per heavy atom. The van der Waals surface area contributed by atoms with Crippen molar-refractivity contribution in [2.45, 2.75) is 33.2 Å². The molecule has 1 aliphatic rings. The van der Waals surface area contributed by atoms with E-state index in [2.05, 4.69) is 15.5 Å². The van der Waals surface area contributed by atoms with Gasteiger partial charge in [0, 0.05) is 31.0 Å². The second kappa shape index (κ2) is 11.1. The lowest BCUT2D eigenvalue weighted by molar-refractivity contribution is 0.136. The molecule has 2 aromatic carbocycles. The molecule has 184 valence electrons. The number of ether oxygens (including phenoxy) is 2. The van der Waals surface area contributed by atoms with Gasteiger partial charge in [0.15, 0.2) is 0 Å². The van der Waals surface area contributed by atoms with E-state index in [1.165, 1.54) is 12.1 Å². The summed E-state index contributed by atoms with van der Waals surface area (Å²) in [6, 6.07) is 12.8. The van der Waals surface area contributed by atoms with Crippen molar-refractivity contribution in [3.05, 3.63) is 71.5 Å².